The normalized spacial score (nSPS) is 11.4. The Kier molecular flexibility index (Phi) is 4.06. The summed E-state index contributed by atoms with van der Waals surface area (Å²) in [5, 5.41) is 1.37. The van der Waals surface area contributed by atoms with Crippen molar-refractivity contribution < 1.29 is 4.79 Å². The van der Waals surface area contributed by atoms with Crippen LogP contribution < -0.4 is 5.19 Å². The van der Waals surface area contributed by atoms with E-state index in [1.807, 2.05) is 36.4 Å². The molecule has 98 valence electrons. The first-order valence-electron chi connectivity index (χ1n) is 6.29. The lowest BCUT2D eigenvalue weighted by Crippen LogP contribution is -2.37. The Labute approximate surface area is 123 Å². The summed E-state index contributed by atoms with van der Waals surface area (Å²) in [5.41, 5.74) is 1.48. The molecule has 0 atom stereocenters. The molecule has 19 heavy (non-hydrogen) atoms. The van der Waals surface area contributed by atoms with E-state index in [4.69, 9.17) is 0 Å². The van der Waals surface area contributed by atoms with Gasteiger partial charge in [-0.2, -0.15) is 0 Å². The molecule has 2 aromatic rings. The van der Waals surface area contributed by atoms with Crippen LogP contribution in [0, 0.1) is 0 Å². The van der Waals surface area contributed by atoms with E-state index in [2.05, 4.69) is 47.7 Å². The smallest absolute Gasteiger partial charge is 0.193 e. The Hall–Kier alpha value is -1.19. The van der Waals surface area contributed by atoms with Crippen molar-refractivity contribution in [3.63, 3.8) is 0 Å². The molecule has 0 aliphatic heterocycles. The first kappa shape index (κ1) is 14.2. The average Bonchev–Trinajstić information content (AvgIpc) is 2.38. The van der Waals surface area contributed by atoms with E-state index < -0.39 is 8.07 Å². The Morgan fingerprint density at radius 1 is 0.842 bits per heavy atom. The first-order valence-corrected chi connectivity index (χ1v) is 10.6. The number of rotatable bonds is 3. The number of benzene rings is 2. The average molecular weight is 333 g/mol. The fourth-order valence-corrected chi connectivity index (χ4v) is 3.32. The van der Waals surface area contributed by atoms with Crippen LogP contribution in [0.3, 0.4) is 0 Å². The van der Waals surface area contributed by atoms with Gasteiger partial charge in [0.25, 0.3) is 0 Å². The molecule has 0 radical (unpaired) electrons. The molecule has 0 saturated heterocycles. The molecule has 0 fully saturated rings. The van der Waals surface area contributed by atoms with Gasteiger partial charge in [-0.05, 0) is 24.3 Å². The lowest BCUT2D eigenvalue weighted by molar-refractivity contribution is 0.103. The topological polar surface area (TPSA) is 17.1 Å². The number of hydrogen-bond donors (Lipinski definition) is 0. The third-order valence-corrected chi connectivity index (χ3v) is 5.71. The van der Waals surface area contributed by atoms with Gasteiger partial charge in [0, 0.05) is 15.6 Å². The van der Waals surface area contributed by atoms with Gasteiger partial charge in [0.15, 0.2) is 5.78 Å². The lowest BCUT2D eigenvalue weighted by atomic mass is 10.0. The summed E-state index contributed by atoms with van der Waals surface area (Å²) in [6, 6.07) is 15.6. The minimum atomic E-state index is -1.30. The maximum atomic E-state index is 12.3. The monoisotopic (exact) mass is 332 g/mol. The molecule has 0 saturated carbocycles. The van der Waals surface area contributed by atoms with Crippen molar-refractivity contribution in [2.24, 2.45) is 0 Å². The van der Waals surface area contributed by atoms with Gasteiger partial charge in [0.1, 0.15) is 0 Å². The van der Waals surface area contributed by atoms with Crippen LogP contribution >= 0.6 is 15.9 Å². The van der Waals surface area contributed by atoms with Gasteiger partial charge in [-0.15, -0.1) is 0 Å². The molecule has 0 aromatic heterocycles. The molecule has 0 unspecified atom stereocenters. The van der Waals surface area contributed by atoms with Crippen LogP contribution in [0.4, 0.5) is 0 Å². The zero-order chi connectivity index (χ0) is 14.0. The van der Waals surface area contributed by atoms with Gasteiger partial charge in [-0.3, -0.25) is 4.79 Å². The van der Waals surface area contributed by atoms with E-state index >= 15 is 0 Å². The van der Waals surface area contributed by atoms with Crippen molar-refractivity contribution in [3.05, 3.63) is 64.1 Å². The summed E-state index contributed by atoms with van der Waals surface area (Å²) >= 11 is 3.38. The zero-order valence-corrected chi connectivity index (χ0v) is 14.0. The summed E-state index contributed by atoms with van der Waals surface area (Å²) in [5.74, 6) is 0.0784. The summed E-state index contributed by atoms with van der Waals surface area (Å²) < 4.78 is 0.984. The summed E-state index contributed by atoms with van der Waals surface area (Å²) in [6.07, 6.45) is 0. The van der Waals surface area contributed by atoms with E-state index in [1.54, 1.807) is 0 Å². The van der Waals surface area contributed by atoms with Gasteiger partial charge < -0.3 is 0 Å². The molecular formula is C16H17BrOSi. The molecule has 2 rings (SSSR count). The van der Waals surface area contributed by atoms with E-state index in [-0.39, 0.29) is 5.78 Å². The highest BCUT2D eigenvalue weighted by atomic mass is 79.9. The molecule has 0 amide bonds. The zero-order valence-electron chi connectivity index (χ0n) is 11.4. The Morgan fingerprint density at radius 2 is 1.26 bits per heavy atom. The second-order valence-corrected chi connectivity index (χ2v) is 11.7. The highest BCUT2D eigenvalue weighted by Gasteiger charge is 2.16. The molecule has 0 heterocycles. The predicted molar refractivity (Wildman–Crippen MR) is 87.0 cm³/mol. The third-order valence-electron chi connectivity index (χ3n) is 3.12. The number of carbonyl (C=O) groups is 1. The number of carbonyl (C=O) groups excluding carboxylic acids is 1. The molecule has 0 N–H and O–H groups in total. The Morgan fingerprint density at radius 3 is 1.68 bits per heavy atom. The van der Waals surface area contributed by atoms with Gasteiger partial charge in [0.2, 0.25) is 0 Å². The van der Waals surface area contributed by atoms with E-state index in [0.717, 1.165) is 15.6 Å². The third kappa shape index (κ3) is 3.42. The van der Waals surface area contributed by atoms with Crippen molar-refractivity contribution in [2.75, 3.05) is 0 Å². The second kappa shape index (κ2) is 5.43. The van der Waals surface area contributed by atoms with Crippen molar-refractivity contribution in [2.45, 2.75) is 19.6 Å². The highest BCUT2D eigenvalue weighted by Crippen LogP contribution is 2.14. The lowest BCUT2D eigenvalue weighted by Gasteiger charge is -2.16. The van der Waals surface area contributed by atoms with Gasteiger partial charge in [-0.25, -0.2) is 0 Å². The molecule has 0 spiro atoms. The van der Waals surface area contributed by atoms with Crippen molar-refractivity contribution >= 4 is 35.0 Å². The number of halogens is 1. The molecule has 0 bridgehead atoms. The van der Waals surface area contributed by atoms with Crippen LogP contribution in [0.2, 0.25) is 19.6 Å². The van der Waals surface area contributed by atoms with Crippen LogP contribution in [0.5, 0.6) is 0 Å². The SMILES string of the molecule is C[Si](C)(C)c1ccc(C(=O)c2ccc(Br)cc2)cc1. The standard InChI is InChI=1S/C16H17BrOSi/c1-19(2,3)15-10-6-13(7-11-15)16(18)12-4-8-14(17)9-5-12/h4-11H,1-3H3. The van der Waals surface area contributed by atoms with Crippen LogP contribution in [0.15, 0.2) is 53.0 Å². The number of ketones is 1. The molecule has 0 aliphatic carbocycles. The van der Waals surface area contributed by atoms with Crippen LogP contribution in [-0.2, 0) is 0 Å². The second-order valence-electron chi connectivity index (χ2n) is 5.66. The maximum Gasteiger partial charge on any atom is 0.193 e. The fourth-order valence-electron chi connectivity index (χ4n) is 1.89. The fraction of sp³-hybridized carbons (Fsp3) is 0.188. The Bertz CT molecular complexity index is 580. The van der Waals surface area contributed by atoms with Crippen molar-refractivity contribution in [3.8, 4) is 0 Å². The highest BCUT2D eigenvalue weighted by molar-refractivity contribution is 9.10. The van der Waals surface area contributed by atoms with E-state index in [0.29, 0.717) is 0 Å². The summed E-state index contributed by atoms with van der Waals surface area (Å²) in [6.45, 7) is 6.91. The molecule has 2 aromatic carbocycles. The number of hydrogen-bond acceptors (Lipinski definition) is 1. The van der Waals surface area contributed by atoms with E-state index in [9.17, 15) is 4.79 Å². The quantitative estimate of drug-likeness (QED) is 0.607. The molecular weight excluding hydrogens is 316 g/mol. The minimum absolute atomic E-state index is 0.0784. The van der Waals surface area contributed by atoms with Gasteiger partial charge >= 0.3 is 0 Å². The summed E-state index contributed by atoms with van der Waals surface area (Å²) in [7, 11) is -1.30. The van der Waals surface area contributed by atoms with Gasteiger partial charge in [0.05, 0.1) is 8.07 Å². The van der Waals surface area contributed by atoms with Crippen LogP contribution in [0.1, 0.15) is 15.9 Å². The molecule has 3 heteroatoms. The maximum absolute atomic E-state index is 12.3. The predicted octanol–water partition coefficient (Wildman–Crippen LogP) is 4.23. The minimum Gasteiger partial charge on any atom is -0.289 e. The van der Waals surface area contributed by atoms with E-state index in [1.165, 1.54) is 5.19 Å². The molecule has 0 aliphatic rings. The van der Waals surface area contributed by atoms with Crippen LogP contribution in [0.25, 0.3) is 0 Å². The van der Waals surface area contributed by atoms with Crippen molar-refractivity contribution in [1.82, 2.24) is 0 Å². The summed E-state index contributed by atoms with van der Waals surface area (Å²) in [4.78, 5) is 12.3. The van der Waals surface area contributed by atoms with Crippen molar-refractivity contribution in [1.29, 1.82) is 0 Å². The Balaban J connectivity index is 2.27. The first-order chi connectivity index (χ1) is 8.88. The molecule has 1 nitrogen and oxygen atoms in total. The largest absolute Gasteiger partial charge is 0.289 e. The van der Waals surface area contributed by atoms with Crippen LogP contribution in [-0.4, -0.2) is 13.9 Å². The van der Waals surface area contributed by atoms with Gasteiger partial charge in [-0.1, -0.05) is 65.0 Å².